The summed E-state index contributed by atoms with van der Waals surface area (Å²) in [6.45, 7) is 3.58. The summed E-state index contributed by atoms with van der Waals surface area (Å²) in [5, 5.41) is 11.6. The standard InChI is InChI=1S/C23H25N3O5/c1-16(22(27)25-14-11-17-7-3-4-8-19(17)25)31-23(28)18-9-10-20(21(15-18)26(29)30)24-12-5-2-6-13-24/h3-4,7-10,15-16H,2,5-6,11-14H2,1H3/t16-/m0/s1. The van der Waals surface area contributed by atoms with Crippen LogP contribution in [0.25, 0.3) is 0 Å². The Morgan fingerprint density at radius 1 is 1.03 bits per heavy atom. The minimum Gasteiger partial charge on any atom is -0.449 e. The molecule has 2 heterocycles. The number of benzene rings is 2. The summed E-state index contributed by atoms with van der Waals surface area (Å²) in [6, 6.07) is 12.0. The van der Waals surface area contributed by atoms with Gasteiger partial charge in [0, 0.05) is 31.4 Å². The molecule has 1 saturated heterocycles. The van der Waals surface area contributed by atoms with E-state index >= 15 is 0 Å². The van der Waals surface area contributed by atoms with Crippen LogP contribution in [0.2, 0.25) is 0 Å². The third-order valence-electron chi connectivity index (χ3n) is 5.89. The first-order valence-electron chi connectivity index (χ1n) is 10.6. The fraction of sp³-hybridized carbons (Fsp3) is 0.391. The van der Waals surface area contributed by atoms with Crippen molar-refractivity contribution < 1.29 is 19.2 Å². The smallest absolute Gasteiger partial charge is 0.339 e. The molecule has 2 aliphatic rings. The topological polar surface area (TPSA) is 93.0 Å². The minimum atomic E-state index is -1.00. The predicted molar refractivity (Wildman–Crippen MR) is 117 cm³/mol. The predicted octanol–water partition coefficient (Wildman–Crippen LogP) is 3.72. The number of piperidine rings is 1. The highest BCUT2D eigenvalue weighted by Gasteiger charge is 2.31. The molecule has 2 aromatic carbocycles. The number of nitrogens with zero attached hydrogens (tertiary/aromatic N) is 3. The second kappa shape index (κ2) is 8.75. The fourth-order valence-corrected chi connectivity index (χ4v) is 4.26. The number of amides is 1. The van der Waals surface area contributed by atoms with E-state index in [1.165, 1.54) is 19.1 Å². The third-order valence-corrected chi connectivity index (χ3v) is 5.89. The van der Waals surface area contributed by atoms with E-state index in [0.717, 1.165) is 50.0 Å². The van der Waals surface area contributed by atoms with E-state index in [1.807, 2.05) is 29.2 Å². The molecule has 162 valence electrons. The van der Waals surface area contributed by atoms with Crippen LogP contribution in [0.4, 0.5) is 17.1 Å². The molecule has 0 bridgehead atoms. The van der Waals surface area contributed by atoms with Crippen molar-refractivity contribution in [3.8, 4) is 0 Å². The first-order chi connectivity index (χ1) is 15.0. The summed E-state index contributed by atoms with van der Waals surface area (Å²) in [6.07, 6.45) is 2.84. The zero-order chi connectivity index (χ0) is 22.0. The molecule has 2 aromatic rings. The van der Waals surface area contributed by atoms with Crippen LogP contribution in [0.3, 0.4) is 0 Å². The highest BCUT2D eigenvalue weighted by Crippen LogP contribution is 2.32. The number of fused-ring (bicyclic) bond motifs is 1. The Hall–Kier alpha value is -3.42. The van der Waals surface area contributed by atoms with Crippen molar-refractivity contribution in [2.24, 2.45) is 0 Å². The number of para-hydroxylation sites is 1. The molecule has 1 atom stereocenters. The van der Waals surface area contributed by atoms with Gasteiger partial charge in [0.25, 0.3) is 11.6 Å². The van der Waals surface area contributed by atoms with Crippen molar-refractivity contribution in [3.63, 3.8) is 0 Å². The quantitative estimate of drug-likeness (QED) is 0.413. The van der Waals surface area contributed by atoms with Gasteiger partial charge in [-0.2, -0.15) is 0 Å². The molecular weight excluding hydrogens is 398 g/mol. The summed E-state index contributed by atoms with van der Waals surface area (Å²) >= 11 is 0. The van der Waals surface area contributed by atoms with Crippen molar-refractivity contribution in [1.82, 2.24) is 0 Å². The molecule has 0 radical (unpaired) electrons. The van der Waals surface area contributed by atoms with Gasteiger partial charge < -0.3 is 14.5 Å². The Labute approximate surface area is 180 Å². The Morgan fingerprint density at radius 3 is 2.52 bits per heavy atom. The molecule has 1 fully saturated rings. The number of rotatable bonds is 5. The van der Waals surface area contributed by atoms with Gasteiger partial charge in [-0.15, -0.1) is 0 Å². The van der Waals surface area contributed by atoms with Gasteiger partial charge in [-0.25, -0.2) is 4.79 Å². The molecule has 0 spiro atoms. The number of anilines is 2. The molecule has 31 heavy (non-hydrogen) atoms. The lowest BCUT2D eigenvalue weighted by Crippen LogP contribution is -2.39. The number of hydrogen-bond donors (Lipinski definition) is 0. The second-order valence-corrected chi connectivity index (χ2v) is 7.92. The average Bonchev–Trinajstić information content (AvgIpc) is 3.22. The van der Waals surface area contributed by atoms with Gasteiger partial charge in [-0.05, 0) is 56.4 Å². The van der Waals surface area contributed by atoms with Gasteiger partial charge in [-0.3, -0.25) is 14.9 Å². The highest BCUT2D eigenvalue weighted by molar-refractivity contribution is 6.00. The van der Waals surface area contributed by atoms with Crippen LogP contribution < -0.4 is 9.80 Å². The molecule has 8 heteroatoms. The first kappa shape index (κ1) is 20.8. The minimum absolute atomic E-state index is 0.0638. The van der Waals surface area contributed by atoms with E-state index < -0.39 is 17.0 Å². The Kier molecular flexibility index (Phi) is 5.88. The van der Waals surface area contributed by atoms with Gasteiger partial charge >= 0.3 is 5.97 Å². The number of nitro groups is 1. The monoisotopic (exact) mass is 423 g/mol. The summed E-state index contributed by atoms with van der Waals surface area (Å²) < 4.78 is 5.38. The Bertz CT molecular complexity index is 1020. The van der Waals surface area contributed by atoms with Crippen molar-refractivity contribution >= 4 is 28.9 Å². The van der Waals surface area contributed by atoms with Crippen LogP contribution in [0.15, 0.2) is 42.5 Å². The fourth-order valence-electron chi connectivity index (χ4n) is 4.26. The van der Waals surface area contributed by atoms with Crippen LogP contribution in [0.1, 0.15) is 42.1 Å². The summed E-state index contributed by atoms with van der Waals surface area (Å²) in [4.78, 5) is 40.2. The SMILES string of the molecule is C[C@H](OC(=O)c1ccc(N2CCCCC2)c([N+](=O)[O-])c1)C(=O)N1CCc2ccccc21. The zero-order valence-corrected chi connectivity index (χ0v) is 17.5. The van der Waals surface area contributed by atoms with Crippen LogP contribution in [-0.2, 0) is 16.0 Å². The summed E-state index contributed by atoms with van der Waals surface area (Å²) in [7, 11) is 0. The maximum absolute atomic E-state index is 12.8. The van der Waals surface area contributed by atoms with Crippen molar-refractivity contribution in [2.75, 3.05) is 29.4 Å². The zero-order valence-electron chi connectivity index (χ0n) is 17.5. The van der Waals surface area contributed by atoms with Gasteiger partial charge in [0.2, 0.25) is 0 Å². The lowest BCUT2D eigenvalue weighted by Gasteiger charge is -2.28. The first-order valence-corrected chi connectivity index (χ1v) is 10.6. The van der Waals surface area contributed by atoms with Crippen LogP contribution >= 0.6 is 0 Å². The lowest BCUT2D eigenvalue weighted by molar-refractivity contribution is -0.384. The average molecular weight is 423 g/mol. The molecule has 2 aliphatic heterocycles. The van der Waals surface area contributed by atoms with Gasteiger partial charge in [0.1, 0.15) is 5.69 Å². The van der Waals surface area contributed by atoms with Crippen LogP contribution in [-0.4, -0.2) is 42.5 Å². The van der Waals surface area contributed by atoms with E-state index in [2.05, 4.69) is 0 Å². The Morgan fingerprint density at radius 2 is 1.77 bits per heavy atom. The van der Waals surface area contributed by atoms with E-state index in [9.17, 15) is 19.7 Å². The van der Waals surface area contributed by atoms with Gasteiger partial charge in [0.05, 0.1) is 10.5 Å². The lowest BCUT2D eigenvalue weighted by atomic mass is 10.1. The normalized spacial score (nSPS) is 16.5. The molecule has 0 aliphatic carbocycles. The largest absolute Gasteiger partial charge is 0.449 e. The molecule has 0 unspecified atom stereocenters. The molecule has 1 amide bonds. The summed E-state index contributed by atoms with van der Waals surface area (Å²) in [5.74, 6) is -1.06. The number of ether oxygens (including phenoxy) is 1. The van der Waals surface area contributed by atoms with Crippen molar-refractivity contribution in [1.29, 1.82) is 0 Å². The highest BCUT2D eigenvalue weighted by atomic mass is 16.6. The Balaban J connectivity index is 1.48. The number of carbonyl (C=O) groups excluding carboxylic acids is 2. The van der Waals surface area contributed by atoms with Gasteiger partial charge in [-0.1, -0.05) is 18.2 Å². The molecule has 0 saturated carbocycles. The molecule has 4 rings (SSSR count). The third kappa shape index (κ3) is 4.23. The number of nitro benzene ring substituents is 1. The van der Waals surface area contributed by atoms with E-state index in [4.69, 9.17) is 4.74 Å². The van der Waals surface area contributed by atoms with E-state index in [1.54, 1.807) is 11.0 Å². The van der Waals surface area contributed by atoms with E-state index in [-0.39, 0.29) is 17.2 Å². The van der Waals surface area contributed by atoms with Crippen LogP contribution in [0.5, 0.6) is 0 Å². The molecule has 0 aromatic heterocycles. The van der Waals surface area contributed by atoms with Crippen LogP contribution in [0, 0.1) is 10.1 Å². The number of hydrogen-bond acceptors (Lipinski definition) is 6. The van der Waals surface area contributed by atoms with Crippen molar-refractivity contribution in [3.05, 3.63) is 63.7 Å². The molecule has 0 N–H and O–H groups in total. The second-order valence-electron chi connectivity index (χ2n) is 7.92. The van der Waals surface area contributed by atoms with Gasteiger partial charge in [0.15, 0.2) is 6.10 Å². The van der Waals surface area contributed by atoms with E-state index in [0.29, 0.717) is 12.2 Å². The summed E-state index contributed by atoms with van der Waals surface area (Å²) in [5.41, 5.74) is 2.37. The maximum Gasteiger partial charge on any atom is 0.339 e. The van der Waals surface area contributed by atoms with Crippen molar-refractivity contribution in [2.45, 2.75) is 38.7 Å². The number of carbonyl (C=O) groups is 2. The number of esters is 1. The maximum atomic E-state index is 12.8. The molecular formula is C23H25N3O5. The molecule has 8 nitrogen and oxygen atoms in total.